The van der Waals surface area contributed by atoms with Crippen molar-refractivity contribution in [3.63, 3.8) is 0 Å². The number of benzene rings is 3. The third-order valence-electron chi connectivity index (χ3n) is 5.69. The molecule has 0 aliphatic carbocycles. The molecule has 3 aromatic carbocycles. The lowest BCUT2D eigenvalue weighted by atomic mass is 9.99. The molecule has 6 nitrogen and oxygen atoms in total. The Morgan fingerprint density at radius 3 is 2.48 bits per heavy atom. The van der Waals surface area contributed by atoms with Crippen LogP contribution in [0.5, 0.6) is 0 Å². The Bertz CT molecular complexity index is 1150. The third kappa shape index (κ3) is 5.53. The summed E-state index contributed by atoms with van der Waals surface area (Å²) in [6.07, 6.45) is 1.01. The lowest BCUT2D eigenvalue weighted by molar-refractivity contribution is 0.0936. The number of ether oxygens (including phenoxy) is 1. The first-order valence-electron chi connectivity index (χ1n) is 10.8. The lowest BCUT2D eigenvalue weighted by Crippen LogP contribution is -2.30. The van der Waals surface area contributed by atoms with Crippen molar-refractivity contribution in [2.75, 3.05) is 37.0 Å². The van der Waals surface area contributed by atoms with Gasteiger partial charge in [0.15, 0.2) is 0 Å². The van der Waals surface area contributed by atoms with Gasteiger partial charge < -0.3 is 20.3 Å². The SMILES string of the molecule is COCCNC(=O)c1ccc(NC(=O)c2ccc(N3CCc4ccccc4C3)cc2)cc1Cl. The second-order valence-electron chi connectivity index (χ2n) is 7.88. The molecule has 0 unspecified atom stereocenters. The molecule has 0 radical (unpaired) electrons. The molecule has 2 N–H and O–H groups in total. The molecule has 0 bridgehead atoms. The fraction of sp³-hybridized carbons (Fsp3) is 0.231. The summed E-state index contributed by atoms with van der Waals surface area (Å²) >= 11 is 6.26. The topological polar surface area (TPSA) is 70.7 Å². The van der Waals surface area contributed by atoms with E-state index < -0.39 is 0 Å². The van der Waals surface area contributed by atoms with Gasteiger partial charge in [-0.05, 0) is 60.0 Å². The van der Waals surface area contributed by atoms with Gasteiger partial charge in [0.2, 0.25) is 0 Å². The lowest BCUT2D eigenvalue weighted by Gasteiger charge is -2.30. The molecule has 7 heteroatoms. The fourth-order valence-electron chi connectivity index (χ4n) is 3.88. The number of nitrogens with one attached hydrogen (secondary N) is 2. The predicted octanol–water partition coefficient (Wildman–Crippen LogP) is 4.53. The molecule has 2 amide bonds. The van der Waals surface area contributed by atoms with Crippen molar-refractivity contribution in [3.8, 4) is 0 Å². The normalized spacial score (nSPS) is 12.7. The zero-order valence-corrected chi connectivity index (χ0v) is 19.2. The van der Waals surface area contributed by atoms with Crippen molar-refractivity contribution in [2.24, 2.45) is 0 Å². The van der Waals surface area contributed by atoms with E-state index in [4.69, 9.17) is 16.3 Å². The van der Waals surface area contributed by atoms with Crippen LogP contribution in [0.1, 0.15) is 31.8 Å². The summed E-state index contributed by atoms with van der Waals surface area (Å²) in [7, 11) is 1.57. The Hall–Kier alpha value is -3.35. The number of hydrogen-bond donors (Lipinski definition) is 2. The number of carbonyl (C=O) groups is 2. The Balaban J connectivity index is 1.38. The largest absolute Gasteiger partial charge is 0.383 e. The second kappa shape index (κ2) is 10.5. The van der Waals surface area contributed by atoms with Crippen LogP contribution < -0.4 is 15.5 Å². The highest BCUT2D eigenvalue weighted by Gasteiger charge is 2.17. The minimum atomic E-state index is -0.286. The van der Waals surface area contributed by atoms with Crippen LogP contribution in [0.15, 0.2) is 66.7 Å². The molecular weight excluding hydrogens is 438 g/mol. The predicted molar refractivity (Wildman–Crippen MR) is 131 cm³/mol. The Morgan fingerprint density at radius 2 is 1.76 bits per heavy atom. The van der Waals surface area contributed by atoms with E-state index >= 15 is 0 Å². The average molecular weight is 464 g/mol. The molecule has 170 valence electrons. The first-order chi connectivity index (χ1) is 16.0. The van der Waals surface area contributed by atoms with Crippen LogP contribution in [0.4, 0.5) is 11.4 Å². The minimum Gasteiger partial charge on any atom is -0.383 e. The molecule has 4 rings (SSSR count). The molecule has 33 heavy (non-hydrogen) atoms. The molecule has 0 atom stereocenters. The number of halogens is 1. The summed E-state index contributed by atoms with van der Waals surface area (Å²) in [5.74, 6) is -0.523. The smallest absolute Gasteiger partial charge is 0.255 e. The molecule has 0 saturated heterocycles. The second-order valence-corrected chi connectivity index (χ2v) is 8.29. The summed E-state index contributed by atoms with van der Waals surface area (Å²) in [6.45, 7) is 2.63. The number of rotatable bonds is 7. The average Bonchev–Trinajstić information content (AvgIpc) is 2.84. The van der Waals surface area contributed by atoms with Crippen molar-refractivity contribution in [1.82, 2.24) is 5.32 Å². The van der Waals surface area contributed by atoms with Gasteiger partial charge in [0.1, 0.15) is 0 Å². The van der Waals surface area contributed by atoms with E-state index in [0.717, 1.165) is 25.2 Å². The maximum absolute atomic E-state index is 12.7. The molecule has 1 heterocycles. The van der Waals surface area contributed by atoms with Gasteiger partial charge in [0.05, 0.1) is 17.2 Å². The van der Waals surface area contributed by atoms with Gasteiger partial charge in [-0.25, -0.2) is 0 Å². The number of carbonyl (C=O) groups excluding carboxylic acids is 2. The number of hydrogen-bond acceptors (Lipinski definition) is 4. The van der Waals surface area contributed by atoms with E-state index in [0.29, 0.717) is 30.0 Å². The van der Waals surface area contributed by atoms with E-state index in [9.17, 15) is 9.59 Å². The van der Waals surface area contributed by atoms with Crippen molar-refractivity contribution in [2.45, 2.75) is 13.0 Å². The summed E-state index contributed by atoms with van der Waals surface area (Å²) in [5, 5.41) is 5.83. The van der Waals surface area contributed by atoms with Crippen LogP contribution in [0.3, 0.4) is 0 Å². The van der Waals surface area contributed by atoms with E-state index in [1.807, 2.05) is 24.3 Å². The van der Waals surface area contributed by atoms with E-state index in [-0.39, 0.29) is 16.8 Å². The van der Waals surface area contributed by atoms with Crippen LogP contribution in [0, 0.1) is 0 Å². The van der Waals surface area contributed by atoms with E-state index in [1.165, 1.54) is 11.1 Å². The highest BCUT2D eigenvalue weighted by Crippen LogP contribution is 2.25. The summed E-state index contributed by atoms with van der Waals surface area (Å²) in [6, 6.07) is 20.9. The Morgan fingerprint density at radius 1 is 1.00 bits per heavy atom. The fourth-order valence-corrected chi connectivity index (χ4v) is 4.15. The van der Waals surface area contributed by atoms with Crippen LogP contribution in [0.25, 0.3) is 0 Å². The van der Waals surface area contributed by atoms with Gasteiger partial charge in [-0.1, -0.05) is 35.9 Å². The van der Waals surface area contributed by atoms with Crippen molar-refractivity contribution < 1.29 is 14.3 Å². The molecule has 0 aromatic heterocycles. The van der Waals surface area contributed by atoms with Gasteiger partial charge >= 0.3 is 0 Å². The number of amides is 2. The Kier molecular flexibility index (Phi) is 7.27. The first kappa shape index (κ1) is 22.8. The molecule has 0 spiro atoms. The molecule has 3 aromatic rings. The number of fused-ring (bicyclic) bond motifs is 1. The summed E-state index contributed by atoms with van der Waals surface area (Å²) in [4.78, 5) is 27.2. The summed E-state index contributed by atoms with van der Waals surface area (Å²) in [5.41, 5.74) is 5.26. The molecular formula is C26H26ClN3O3. The maximum Gasteiger partial charge on any atom is 0.255 e. The molecule has 1 aliphatic rings. The minimum absolute atomic E-state index is 0.237. The number of methoxy groups -OCH3 is 1. The highest BCUT2D eigenvalue weighted by atomic mass is 35.5. The standard InChI is InChI=1S/C26H26ClN3O3/c1-33-15-13-28-26(32)23-11-8-21(16-24(23)27)29-25(31)19-6-9-22(10-7-19)30-14-12-18-4-2-3-5-20(18)17-30/h2-11,16H,12-15,17H2,1H3,(H,28,32)(H,29,31). The monoisotopic (exact) mass is 463 g/mol. The molecule has 0 fully saturated rings. The summed E-state index contributed by atoms with van der Waals surface area (Å²) < 4.78 is 4.92. The zero-order chi connectivity index (χ0) is 23.2. The van der Waals surface area contributed by atoms with Crippen molar-refractivity contribution >= 4 is 34.8 Å². The maximum atomic E-state index is 12.7. The van der Waals surface area contributed by atoms with Crippen LogP contribution in [-0.4, -0.2) is 38.6 Å². The highest BCUT2D eigenvalue weighted by molar-refractivity contribution is 6.34. The molecule has 0 saturated carbocycles. The van der Waals surface area contributed by atoms with Gasteiger partial charge in [-0.3, -0.25) is 9.59 Å². The van der Waals surface area contributed by atoms with Crippen molar-refractivity contribution in [1.29, 1.82) is 0 Å². The van der Waals surface area contributed by atoms with E-state index in [2.05, 4.69) is 39.8 Å². The van der Waals surface area contributed by atoms with Gasteiger partial charge in [-0.15, -0.1) is 0 Å². The van der Waals surface area contributed by atoms with Crippen LogP contribution in [-0.2, 0) is 17.7 Å². The van der Waals surface area contributed by atoms with E-state index in [1.54, 1.807) is 25.3 Å². The van der Waals surface area contributed by atoms with Crippen molar-refractivity contribution in [3.05, 3.63) is 94.0 Å². The first-order valence-corrected chi connectivity index (χ1v) is 11.2. The van der Waals surface area contributed by atoms with Gasteiger partial charge in [0.25, 0.3) is 11.8 Å². The Labute approximate surface area is 198 Å². The number of nitrogens with zero attached hydrogens (tertiary/aromatic N) is 1. The van der Waals surface area contributed by atoms with Crippen LogP contribution >= 0.6 is 11.6 Å². The quantitative estimate of drug-likeness (QED) is 0.505. The van der Waals surface area contributed by atoms with Gasteiger partial charge in [-0.2, -0.15) is 0 Å². The third-order valence-corrected chi connectivity index (χ3v) is 6.00. The van der Waals surface area contributed by atoms with Gasteiger partial charge in [0, 0.05) is 43.7 Å². The zero-order valence-electron chi connectivity index (χ0n) is 18.4. The molecule has 1 aliphatic heterocycles. The van der Waals surface area contributed by atoms with Crippen LogP contribution in [0.2, 0.25) is 5.02 Å². The number of anilines is 2.